The predicted octanol–water partition coefficient (Wildman–Crippen LogP) is 11.6. The number of carbonyl (C=O) groups excluding carboxylic acids is 2. The van der Waals surface area contributed by atoms with E-state index in [1.165, 1.54) is 58.7 Å². The van der Waals surface area contributed by atoms with E-state index >= 15 is 0 Å². The van der Waals surface area contributed by atoms with Gasteiger partial charge in [0.2, 0.25) is 0 Å². The summed E-state index contributed by atoms with van der Waals surface area (Å²) in [4.78, 5) is 75.1. The van der Waals surface area contributed by atoms with Crippen molar-refractivity contribution in [1.29, 1.82) is 0 Å². The van der Waals surface area contributed by atoms with Crippen molar-refractivity contribution >= 4 is 96.7 Å². The Bertz CT molecular complexity index is 4000. The van der Waals surface area contributed by atoms with Gasteiger partial charge in [0.05, 0.1) is 27.8 Å². The second-order valence-electron chi connectivity index (χ2n) is 21.9. The average molecular weight is 1210 g/mol. The van der Waals surface area contributed by atoms with Gasteiger partial charge in [-0.25, -0.2) is 59.8 Å². The molecule has 0 spiro atoms. The summed E-state index contributed by atoms with van der Waals surface area (Å²) in [5.74, 6) is -1.71. The van der Waals surface area contributed by atoms with Crippen LogP contribution in [0, 0.1) is 20.8 Å². The Hall–Kier alpha value is -9.50. The molecule has 0 aliphatic carbocycles. The number of anilines is 3. The van der Waals surface area contributed by atoms with Crippen LogP contribution >= 0.6 is 23.2 Å². The first-order chi connectivity index (χ1) is 41.4. The van der Waals surface area contributed by atoms with Crippen molar-refractivity contribution in [2.45, 2.75) is 112 Å². The summed E-state index contributed by atoms with van der Waals surface area (Å²) in [6.07, 6.45) is 9.29. The Morgan fingerprint density at radius 3 is 1.25 bits per heavy atom. The number of aromatic nitrogens is 12. The Morgan fingerprint density at radius 2 is 0.851 bits per heavy atom. The maximum Gasteiger partial charge on any atom is 0.327 e. The zero-order valence-electron chi connectivity index (χ0n) is 50.0. The minimum absolute atomic E-state index is 0.0981. The highest BCUT2D eigenvalue weighted by Gasteiger charge is 2.39. The van der Waals surface area contributed by atoms with Crippen LogP contribution in [0.4, 0.5) is 17.5 Å². The molecule has 0 amide bonds. The van der Waals surface area contributed by atoms with E-state index in [-0.39, 0.29) is 16.4 Å². The summed E-state index contributed by atoms with van der Waals surface area (Å²) in [5, 5.41) is 0.588. The van der Waals surface area contributed by atoms with E-state index in [1.54, 1.807) is 65.8 Å². The van der Waals surface area contributed by atoms with Crippen molar-refractivity contribution in [3.8, 4) is 0 Å². The Kier molecular flexibility index (Phi) is 22.5. The number of rotatable bonds is 10. The number of nitrogen functional groups attached to an aromatic ring is 3. The summed E-state index contributed by atoms with van der Waals surface area (Å²) < 4.78 is 10.8. The first-order valence-corrected chi connectivity index (χ1v) is 28.5. The van der Waals surface area contributed by atoms with Crippen LogP contribution in [-0.2, 0) is 51.3 Å². The van der Waals surface area contributed by atoms with Gasteiger partial charge in [-0.05, 0) is 164 Å². The molecule has 8 N–H and O–H groups in total. The number of esters is 2. The number of fused-ring (bicyclic) bond motifs is 4. The molecule has 22 heteroatoms. The molecule has 8 aromatic heterocycles. The summed E-state index contributed by atoms with van der Waals surface area (Å²) in [6, 6.07) is 39.6. The molecular formula is C65H70Cl2N16O4. The Labute approximate surface area is 515 Å². The van der Waals surface area contributed by atoms with Crippen molar-refractivity contribution in [3.63, 3.8) is 0 Å². The fraction of sp³-hybridized carbons (Fsp3) is 0.262. The number of hydrogen-bond acceptors (Lipinski definition) is 20. The van der Waals surface area contributed by atoms with Crippen LogP contribution in [-0.4, -0.2) is 82.9 Å². The van der Waals surface area contributed by atoms with Gasteiger partial charge < -0.3 is 32.4 Å². The summed E-state index contributed by atoms with van der Waals surface area (Å²) >= 11 is 11.6. The van der Waals surface area contributed by atoms with Gasteiger partial charge in [0.25, 0.3) is 0 Å². The number of carbonyl (C=O) groups is 2. The molecule has 11 aromatic rings. The number of hydrogen-bond donors (Lipinski definition) is 4. The maximum absolute atomic E-state index is 12.8. The first-order valence-electron chi connectivity index (χ1n) is 27.8. The van der Waals surface area contributed by atoms with Gasteiger partial charge in [0, 0.05) is 17.9 Å². The smallest absolute Gasteiger partial charge is 0.327 e. The molecular weight excluding hydrogens is 1140 g/mol. The third kappa shape index (κ3) is 19.3. The normalized spacial score (nSPS) is 11.1. The van der Waals surface area contributed by atoms with Crippen molar-refractivity contribution in [1.82, 2.24) is 59.8 Å². The van der Waals surface area contributed by atoms with E-state index in [9.17, 15) is 9.59 Å². The van der Waals surface area contributed by atoms with E-state index in [1.807, 2.05) is 36.4 Å². The predicted molar refractivity (Wildman–Crippen MR) is 343 cm³/mol. The van der Waals surface area contributed by atoms with E-state index in [0.717, 1.165) is 48.1 Å². The third-order valence-corrected chi connectivity index (χ3v) is 13.2. The quantitative estimate of drug-likeness (QED) is 0.0561. The number of nitrogens with zero attached hydrogens (tertiary/aromatic N) is 12. The molecule has 0 aliphatic heterocycles. The number of ether oxygens (including phenoxy) is 2. The zero-order chi connectivity index (χ0) is 62.8. The first kappa shape index (κ1) is 65.1. The van der Waals surface area contributed by atoms with E-state index in [4.69, 9.17) is 55.6 Å². The Morgan fingerprint density at radius 1 is 0.460 bits per heavy atom. The maximum atomic E-state index is 12.8. The summed E-state index contributed by atoms with van der Waals surface area (Å²) in [7, 11) is 0. The van der Waals surface area contributed by atoms with Gasteiger partial charge in [-0.3, -0.25) is 9.59 Å². The van der Waals surface area contributed by atoms with Gasteiger partial charge >= 0.3 is 11.9 Å². The molecule has 8 heterocycles. The lowest BCUT2D eigenvalue weighted by atomic mass is 10.0. The highest BCUT2D eigenvalue weighted by atomic mass is 35.5. The van der Waals surface area contributed by atoms with Crippen molar-refractivity contribution in [2.75, 3.05) is 17.2 Å². The lowest BCUT2D eigenvalue weighted by molar-refractivity contribution is -0.169. The van der Waals surface area contributed by atoms with Crippen LogP contribution in [0.3, 0.4) is 0 Å². The minimum atomic E-state index is -1.40. The number of pyridine rings is 4. The highest BCUT2D eigenvalue weighted by molar-refractivity contribution is 6.30. The standard InChI is InChI=1S/C18H22ClN3O4.2C16H16N4.C8H11N.C7H5ClN4/c1-17(2,3)25-15(23)12(16(24)26-18(4,5)6)14-13-10(20-9-21-14)7-8-11(19)22-13;2*1-11-4-2-3-5-12(11)6-7-13-8-9-14-15(20-13)16(17)19-10-18-14;1-7-3-2-4-8(5-7)6-9;8-5-2-1-4-6(12-5)7(9)11-3-10-4/h7-9,12H,1-6H3;2*2-5,8-10H,6-7H2,1H3,(H2,17,18,19);2-5H,6,9H2,1H3;1-3H,(H2,9,10,11). The topological polar surface area (TPSA) is 311 Å². The molecule has 0 saturated carbocycles. The van der Waals surface area contributed by atoms with Crippen LogP contribution in [0.5, 0.6) is 0 Å². The molecule has 3 aromatic carbocycles. The van der Waals surface area contributed by atoms with Crippen molar-refractivity contribution in [3.05, 3.63) is 207 Å². The molecule has 0 radical (unpaired) electrons. The summed E-state index contributed by atoms with van der Waals surface area (Å²) in [5.41, 5.74) is 35.9. The van der Waals surface area contributed by atoms with Crippen LogP contribution in [0.1, 0.15) is 97.9 Å². The molecule has 20 nitrogen and oxygen atoms in total. The lowest BCUT2D eigenvalue weighted by Crippen LogP contribution is -2.36. The number of aryl methyl sites for hydroxylation is 7. The van der Waals surface area contributed by atoms with E-state index in [2.05, 4.69) is 141 Å². The molecule has 11 rings (SSSR count). The summed E-state index contributed by atoms with van der Waals surface area (Å²) in [6.45, 7) is 17.3. The van der Waals surface area contributed by atoms with Crippen LogP contribution in [0.15, 0.2) is 147 Å². The van der Waals surface area contributed by atoms with Gasteiger partial charge in [-0.15, -0.1) is 0 Å². The minimum Gasteiger partial charge on any atom is -0.459 e. The second kappa shape index (κ2) is 30.0. The van der Waals surface area contributed by atoms with E-state index < -0.39 is 29.1 Å². The van der Waals surface area contributed by atoms with Crippen molar-refractivity contribution in [2.24, 2.45) is 5.73 Å². The van der Waals surface area contributed by atoms with Crippen LogP contribution < -0.4 is 22.9 Å². The number of nitrogens with two attached hydrogens (primary N) is 4. The fourth-order valence-electron chi connectivity index (χ4n) is 8.55. The fourth-order valence-corrected chi connectivity index (χ4v) is 8.84. The van der Waals surface area contributed by atoms with Crippen LogP contribution in [0.25, 0.3) is 44.1 Å². The molecule has 0 bridgehead atoms. The van der Waals surface area contributed by atoms with Gasteiger partial charge in [-0.1, -0.05) is 102 Å². The highest BCUT2D eigenvalue weighted by Crippen LogP contribution is 2.29. The monoisotopic (exact) mass is 1210 g/mol. The number of halogens is 2. The zero-order valence-corrected chi connectivity index (χ0v) is 51.5. The van der Waals surface area contributed by atoms with Crippen molar-refractivity contribution < 1.29 is 19.1 Å². The molecule has 0 fully saturated rings. The molecule has 87 heavy (non-hydrogen) atoms. The number of benzene rings is 3. The average Bonchev–Trinajstić information content (AvgIpc) is 1.61. The molecule has 0 unspecified atom stereocenters. The SMILES string of the molecule is CC(C)(C)OC(=O)C(C(=O)OC(C)(C)C)c1ncnc2ccc(Cl)nc12.Cc1cccc(CN)c1.Cc1ccccc1CCc1ccc2ncnc(N)c2n1.Cc1ccccc1CCc1ccc2ncnc(N)c2n1.Nc1ncnc2ccc(Cl)nc12. The molecule has 0 aliphatic rings. The molecule has 448 valence electrons. The third-order valence-electron chi connectivity index (χ3n) is 12.8. The molecule has 0 atom stereocenters. The Balaban J connectivity index is 0.000000161. The van der Waals surface area contributed by atoms with Crippen LogP contribution in [0.2, 0.25) is 10.3 Å². The lowest BCUT2D eigenvalue weighted by Gasteiger charge is -2.26. The van der Waals surface area contributed by atoms with E-state index in [0.29, 0.717) is 56.7 Å². The molecule has 0 saturated heterocycles. The van der Waals surface area contributed by atoms with Gasteiger partial charge in [-0.2, -0.15) is 0 Å². The van der Waals surface area contributed by atoms with Gasteiger partial charge in [0.1, 0.15) is 68.9 Å². The van der Waals surface area contributed by atoms with Gasteiger partial charge in [0.15, 0.2) is 23.4 Å². The second-order valence-corrected chi connectivity index (χ2v) is 22.7. The largest absolute Gasteiger partial charge is 0.459 e.